The first-order chi connectivity index (χ1) is 9.39. The lowest BCUT2D eigenvalue weighted by Crippen LogP contribution is -2.38. The number of benzene rings is 1. The molecule has 0 saturated heterocycles. The molecule has 1 amide bonds. The fraction of sp³-hybridized carbons (Fsp3) is 0.375. The Kier molecular flexibility index (Phi) is 3.66. The standard InChI is InChI=1S/C16H19NO3/c1-5-20-14(18)11(2)10-17-13-9-7-6-8-12(13)16(3,4)15(17)19/h6-9H,2,5,10H2,1,3-4H3. The maximum absolute atomic E-state index is 12.5. The Bertz CT molecular complexity index is 575. The Morgan fingerprint density at radius 2 is 2.00 bits per heavy atom. The fourth-order valence-corrected chi connectivity index (χ4v) is 2.45. The Labute approximate surface area is 119 Å². The van der Waals surface area contributed by atoms with Crippen LogP contribution in [-0.2, 0) is 19.7 Å². The van der Waals surface area contributed by atoms with Gasteiger partial charge in [-0.3, -0.25) is 4.79 Å². The van der Waals surface area contributed by atoms with Gasteiger partial charge in [0.1, 0.15) is 0 Å². The van der Waals surface area contributed by atoms with E-state index < -0.39 is 11.4 Å². The highest BCUT2D eigenvalue weighted by molar-refractivity contribution is 6.08. The molecule has 0 fully saturated rings. The van der Waals surface area contributed by atoms with Crippen LogP contribution in [0.5, 0.6) is 0 Å². The Morgan fingerprint density at radius 3 is 2.65 bits per heavy atom. The van der Waals surface area contributed by atoms with Crippen molar-refractivity contribution < 1.29 is 14.3 Å². The SMILES string of the molecule is C=C(CN1C(=O)C(C)(C)c2ccccc21)C(=O)OCC. The van der Waals surface area contributed by atoms with E-state index in [9.17, 15) is 9.59 Å². The van der Waals surface area contributed by atoms with Crippen LogP contribution in [0.4, 0.5) is 5.69 Å². The molecule has 0 aromatic heterocycles. The van der Waals surface area contributed by atoms with Crippen LogP contribution in [0.2, 0.25) is 0 Å². The number of carbonyl (C=O) groups excluding carboxylic acids is 2. The Hall–Kier alpha value is -2.10. The molecule has 0 spiro atoms. The minimum atomic E-state index is -0.578. The predicted molar refractivity (Wildman–Crippen MR) is 77.6 cm³/mol. The minimum absolute atomic E-state index is 0.0239. The van der Waals surface area contributed by atoms with Crippen molar-refractivity contribution in [1.29, 1.82) is 0 Å². The zero-order valence-corrected chi connectivity index (χ0v) is 12.1. The summed E-state index contributed by atoms with van der Waals surface area (Å²) < 4.78 is 4.91. The van der Waals surface area contributed by atoms with E-state index in [2.05, 4.69) is 6.58 Å². The van der Waals surface area contributed by atoms with Gasteiger partial charge < -0.3 is 9.64 Å². The Morgan fingerprint density at radius 1 is 1.35 bits per heavy atom. The summed E-state index contributed by atoms with van der Waals surface area (Å²) in [5.74, 6) is -0.480. The third-order valence-electron chi connectivity index (χ3n) is 3.56. The highest BCUT2D eigenvalue weighted by atomic mass is 16.5. The van der Waals surface area contributed by atoms with Crippen molar-refractivity contribution in [1.82, 2.24) is 0 Å². The number of ether oxygens (including phenoxy) is 1. The van der Waals surface area contributed by atoms with Crippen molar-refractivity contribution in [2.75, 3.05) is 18.1 Å². The summed E-state index contributed by atoms with van der Waals surface area (Å²) in [7, 11) is 0. The van der Waals surface area contributed by atoms with Crippen molar-refractivity contribution in [2.24, 2.45) is 0 Å². The first-order valence-electron chi connectivity index (χ1n) is 6.66. The molecule has 20 heavy (non-hydrogen) atoms. The summed E-state index contributed by atoms with van der Waals surface area (Å²) in [5, 5.41) is 0. The van der Waals surface area contributed by atoms with Crippen LogP contribution in [-0.4, -0.2) is 25.0 Å². The molecule has 0 atom stereocenters. The van der Waals surface area contributed by atoms with E-state index in [4.69, 9.17) is 4.74 Å². The highest BCUT2D eigenvalue weighted by Gasteiger charge is 2.43. The van der Waals surface area contributed by atoms with Gasteiger partial charge in [-0.25, -0.2) is 4.79 Å². The maximum atomic E-state index is 12.5. The number of fused-ring (bicyclic) bond motifs is 1. The molecular weight excluding hydrogens is 254 g/mol. The topological polar surface area (TPSA) is 46.6 Å². The number of carbonyl (C=O) groups is 2. The summed E-state index contributed by atoms with van der Waals surface area (Å²) in [4.78, 5) is 25.8. The summed E-state index contributed by atoms with van der Waals surface area (Å²) in [6.45, 7) is 9.71. The second kappa shape index (κ2) is 5.12. The molecule has 0 saturated carbocycles. The van der Waals surface area contributed by atoms with E-state index in [1.165, 1.54) is 0 Å². The fourth-order valence-electron chi connectivity index (χ4n) is 2.45. The van der Waals surface area contributed by atoms with E-state index in [-0.39, 0.29) is 18.0 Å². The van der Waals surface area contributed by atoms with Gasteiger partial charge in [0, 0.05) is 11.3 Å². The summed E-state index contributed by atoms with van der Waals surface area (Å²) >= 11 is 0. The smallest absolute Gasteiger partial charge is 0.335 e. The average Bonchev–Trinajstić information content (AvgIpc) is 2.61. The van der Waals surface area contributed by atoms with Gasteiger partial charge in [-0.1, -0.05) is 24.8 Å². The molecule has 0 N–H and O–H groups in total. The maximum Gasteiger partial charge on any atom is 0.335 e. The van der Waals surface area contributed by atoms with Crippen LogP contribution in [0.3, 0.4) is 0 Å². The molecule has 4 nitrogen and oxygen atoms in total. The molecule has 0 bridgehead atoms. The van der Waals surface area contributed by atoms with Crippen molar-refractivity contribution in [3.8, 4) is 0 Å². The molecular formula is C16H19NO3. The van der Waals surface area contributed by atoms with E-state index in [1.54, 1.807) is 11.8 Å². The number of rotatable bonds is 4. The average molecular weight is 273 g/mol. The monoisotopic (exact) mass is 273 g/mol. The highest BCUT2D eigenvalue weighted by Crippen LogP contribution is 2.41. The zero-order chi connectivity index (χ0) is 14.9. The number of amides is 1. The lowest BCUT2D eigenvalue weighted by atomic mass is 9.86. The van der Waals surface area contributed by atoms with E-state index in [0.29, 0.717) is 6.61 Å². The number of esters is 1. The molecule has 4 heteroatoms. The molecule has 106 valence electrons. The molecule has 1 aliphatic rings. The lowest BCUT2D eigenvalue weighted by Gasteiger charge is -2.20. The summed E-state index contributed by atoms with van der Waals surface area (Å²) in [6, 6.07) is 7.63. The number of hydrogen-bond donors (Lipinski definition) is 0. The molecule has 0 aliphatic carbocycles. The van der Waals surface area contributed by atoms with Gasteiger partial charge in [-0.15, -0.1) is 0 Å². The van der Waals surface area contributed by atoms with Crippen LogP contribution in [0.15, 0.2) is 36.4 Å². The molecule has 2 rings (SSSR count). The lowest BCUT2D eigenvalue weighted by molar-refractivity contribution is -0.138. The number of hydrogen-bond acceptors (Lipinski definition) is 3. The van der Waals surface area contributed by atoms with Crippen LogP contribution >= 0.6 is 0 Å². The Balaban J connectivity index is 2.28. The van der Waals surface area contributed by atoms with Gasteiger partial charge in [0.25, 0.3) is 0 Å². The zero-order valence-electron chi connectivity index (χ0n) is 12.1. The molecule has 0 unspecified atom stereocenters. The van der Waals surface area contributed by atoms with Crippen LogP contribution < -0.4 is 4.90 Å². The van der Waals surface area contributed by atoms with Crippen molar-refractivity contribution >= 4 is 17.6 Å². The molecule has 1 heterocycles. The molecule has 1 aromatic rings. The number of anilines is 1. The van der Waals surface area contributed by atoms with E-state index >= 15 is 0 Å². The predicted octanol–water partition coefficient (Wildman–Crippen LogP) is 2.43. The van der Waals surface area contributed by atoms with Gasteiger partial charge in [-0.05, 0) is 32.4 Å². The quantitative estimate of drug-likeness (QED) is 0.625. The van der Waals surface area contributed by atoms with Crippen LogP contribution in [0.25, 0.3) is 0 Å². The second-order valence-corrected chi connectivity index (χ2v) is 5.36. The molecule has 1 aromatic carbocycles. The summed E-state index contributed by atoms with van der Waals surface area (Å²) in [6.07, 6.45) is 0. The second-order valence-electron chi connectivity index (χ2n) is 5.36. The van der Waals surface area contributed by atoms with Gasteiger partial charge in [0.2, 0.25) is 5.91 Å². The minimum Gasteiger partial charge on any atom is -0.463 e. The largest absolute Gasteiger partial charge is 0.463 e. The van der Waals surface area contributed by atoms with Gasteiger partial charge in [0.15, 0.2) is 0 Å². The van der Waals surface area contributed by atoms with Crippen molar-refractivity contribution in [2.45, 2.75) is 26.2 Å². The van der Waals surface area contributed by atoms with Crippen LogP contribution in [0.1, 0.15) is 26.3 Å². The third-order valence-corrected chi connectivity index (χ3v) is 3.56. The van der Waals surface area contributed by atoms with Crippen LogP contribution in [0, 0.1) is 0 Å². The van der Waals surface area contributed by atoms with E-state index in [0.717, 1.165) is 11.3 Å². The number of nitrogens with zero attached hydrogens (tertiary/aromatic N) is 1. The van der Waals surface area contributed by atoms with Crippen molar-refractivity contribution in [3.05, 3.63) is 42.0 Å². The first kappa shape index (κ1) is 14.3. The van der Waals surface area contributed by atoms with Gasteiger partial charge in [0.05, 0.1) is 18.6 Å². The van der Waals surface area contributed by atoms with Crippen molar-refractivity contribution in [3.63, 3.8) is 0 Å². The van der Waals surface area contributed by atoms with Gasteiger partial charge in [-0.2, -0.15) is 0 Å². The van der Waals surface area contributed by atoms with E-state index in [1.807, 2.05) is 38.1 Å². The third kappa shape index (κ3) is 2.22. The van der Waals surface area contributed by atoms with Gasteiger partial charge >= 0.3 is 5.97 Å². The normalized spacial score (nSPS) is 15.9. The first-order valence-corrected chi connectivity index (χ1v) is 6.66. The summed E-state index contributed by atoms with van der Waals surface area (Å²) in [5.41, 5.74) is 1.52. The number of para-hydroxylation sites is 1. The molecule has 0 radical (unpaired) electrons. The molecule has 1 aliphatic heterocycles.